The van der Waals surface area contributed by atoms with Crippen LogP contribution in [0.4, 0.5) is 11.4 Å². The lowest BCUT2D eigenvalue weighted by Gasteiger charge is -2.26. The van der Waals surface area contributed by atoms with Gasteiger partial charge in [0.25, 0.3) is 0 Å². The minimum absolute atomic E-state index is 0.0727. The van der Waals surface area contributed by atoms with Crippen molar-refractivity contribution in [3.05, 3.63) is 94.0 Å². The molecule has 1 atom stereocenters. The van der Waals surface area contributed by atoms with Gasteiger partial charge in [-0.05, 0) is 78.9 Å². The van der Waals surface area contributed by atoms with E-state index in [-0.39, 0.29) is 12.3 Å². The lowest BCUT2D eigenvalue weighted by Crippen LogP contribution is -2.28. The fourth-order valence-corrected chi connectivity index (χ4v) is 5.26. The zero-order valence-electron chi connectivity index (χ0n) is 20.6. The molecule has 5 rings (SSSR count). The van der Waals surface area contributed by atoms with Gasteiger partial charge in [0, 0.05) is 23.7 Å². The summed E-state index contributed by atoms with van der Waals surface area (Å²) in [7, 11) is 0. The number of carbonyl (C=O) groups excluding carboxylic acids is 1. The Balaban J connectivity index is 1.46. The molecule has 0 spiro atoms. The number of nitrogens with one attached hydrogen (secondary N) is 1. The summed E-state index contributed by atoms with van der Waals surface area (Å²) in [5.74, 6) is -1.55. The average molecular weight is 516 g/mol. The molecule has 6 nitrogen and oxygen atoms in total. The number of anilines is 1. The smallest absolute Gasteiger partial charge is 0.303 e. The predicted octanol–water partition coefficient (Wildman–Crippen LogP) is 6.20. The lowest BCUT2D eigenvalue weighted by molar-refractivity contribution is -0.137. The summed E-state index contributed by atoms with van der Waals surface area (Å²) in [5.41, 5.74) is 5.96. The van der Waals surface area contributed by atoms with E-state index in [1.807, 2.05) is 42.5 Å². The molecule has 2 N–H and O–H groups in total. The van der Waals surface area contributed by atoms with Crippen molar-refractivity contribution in [1.29, 1.82) is 0 Å². The second kappa shape index (κ2) is 11.3. The fraction of sp³-hybridized carbons (Fsp3) is 0.300. The number of nitrogens with zero attached hydrogens (tertiary/aromatic N) is 2. The number of halogens is 1. The summed E-state index contributed by atoms with van der Waals surface area (Å²) in [6.45, 7) is 3.23. The highest BCUT2D eigenvalue weighted by Gasteiger charge is 2.35. The number of fused-ring (bicyclic) bond motifs is 1. The number of aliphatic carboxylic acids is 1. The number of benzene rings is 3. The molecule has 1 amide bonds. The van der Waals surface area contributed by atoms with Crippen LogP contribution in [-0.2, 0) is 22.6 Å². The molecule has 2 aliphatic heterocycles. The molecule has 0 saturated carbocycles. The first kappa shape index (κ1) is 25.2. The summed E-state index contributed by atoms with van der Waals surface area (Å²) in [6, 6.07) is 21.3. The first-order valence-corrected chi connectivity index (χ1v) is 13.2. The van der Waals surface area contributed by atoms with Gasteiger partial charge in [-0.2, -0.15) is 0 Å². The number of hydrogen-bond acceptors (Lipinski definition) is 4. The van der Waals surface area contributed by atoms with E-state index in [0.717, 1.165) is 42.0 Å². The highest BCUT2D eigenvalue weighted by molar-refractivity contribution is 6.31. The highest BCUT2D eigenvalue weighted by Crippen LogP contribution is 2.37. The zero-order chi connectivity index (χ0) is 25.8. The molecule has 1 saturated heterocycles. The van der Waals surface area contributed by atoms with Crippen molar-refractivity contribution < 1.29 is 14.7 Å². The molecule has 0 aliphatic carbocycles. The average Bonchev–Trinajstić information content (AvgIpc) is 3.22. The third kappa shape index (κ3) is 6.09. The maximum atomic E-state index is 13.2. The molecule has 0 aromatic heterocycles. The molecule has 2 aliphatic rings. The van der Waals surface area contributed by atoms with E-state index in [2.05, 4.69) is 22.3 Å². The third-order valence-corrected chi connectivity index (χ3v) is 7.27. The van der Waals surface area contributed by atoms with E-state index in [9.17, 15) is 9.59 Å². The summed E-state index contributed by atoms with van der Waals surface area (Å²) in [4.78, 5) is 31.6. The Morgan fingerprint density at radius 1 is 0.973 bits per heavy atom. The number of carboxylic acid groups (broad SMARTS) is 1. The number of hydrogen-bond donors (Lipinski definition) is 2. The highest BCUT2D eigenvalue weighted by atomic mass is 35.5. The molecule has 2 heterocycles. The van der Waals surface area contributed by atoms with Crippen LogP contribution in [0, 0.1) is 0 Å². The van der Waals surface area contributed by atoms with Crippen molar-refractivity contribution in [3.63, 3.8) is 0 Å². The molecule has 1 unspecified atom stereocenters. The van der Waals surface area contributed by atoms with Gasteiger partial charge < -0.3 is 10.4 Å². The minimum atomic E-state index is -0.826. The van der Waals surface area contributed by atoms with Gasteiger partial charge in [0.2, 0.25) is 5.91 Å². The van der Waals surface area contributed by atoms with Gasteiger partial charge >= 0.3 is 5.97 Å². The van der Waals surface area contributed by atoms with Crippen molar-refractivity contribution in [3.8, 4) is 0 Å². The van der Waals surface area contributed by atoms with Crippen LogP contribution < -0.4 is 5.32 Å². The Kier molecular flexibility index (Phi) is 7.68. The van der Waals surface area contributed by atoms with E-state index in [0.29, 0.717) is 22.8 Å². The number of aliphatic imine (C=N–C) groups is 1. The van der Waals surface area contributed by atoms with Gasteiger partial charge in [0.1, 0.15) is 5.92 Å². The lowest BCUT2D eigenvalue weighted by atomic mass is 9.90. The quantitative estimate of drug-likeness (QED) is 0.350. The Hall–Kier alpha value is -3.48. The molecule has 190 valence electrons. The monoisotopic (exact) mass is 515 g/mol. The molecular weight excluding hydrogens is 486 g/mol. The van der Waals surface area contributed by atoms with Crippen molar-refractivity contribution in [1.82, 2.24) is 4.90 Å². The molecule has 1 fully saturated rings. The number of aryl methyl sites for hydroxylation is 1. The van der Waals surface area contributed by atoms with E-state index < -0.39 is 11.9 Å². The Bertz CT molecular complexity index is 1310. The summed E-state index contributed by atoms with van der Waals surface area (Å²) < 4.78 is 0. The molecule has 37 heavy (non-hydrogen) atoms. The van der Waals surface area contributed by atoms with Crippen molar-refractivity contribution in [2.24, 2.45) is 4.99 Å². The summed E-state index contributed by atoms with van der Waals surface area (Å²) >= 11 is 6.17. The summed E-state index contributed by atoms with van der Waals surface area (Å²) in [5, 5.41) is 12.5. The predicted molar refractivity (Wildman–Crippen MR) is 147 cm³/mol. The largest absolute Gasteiger partial charge is 0.481 e. The van der Waals surface area contributed by atoms with Crippen LogP contribution in [-0.4, -0.2) is 40.7 Å². The van der Waals surface area contributed by atoms with Crippen LogP contribution in [0.15, 0.2) is 71.7 Å². The van der Waals surface area contributed by atoms with Gasteiger partial charge in [-0.25, -0.2) is 0 Å². The van der Waals surface area contributed by atoms with Gasteiger partial charge in [-0.15, -0.1) is 0 Å². The minimum Gasteiger partial charge on any atom is -0.481 e. The molecular formula is C30H30ClN3O3. The van der Waals surface area contributed by atoms with Crippen molar-refractivity contribution >= 4 is 40.6 Å². The van der Waals surface area contributed by atoms with Gasteiger partial charge in [-0.1, -0.05) is 60.5 Å². The van der Waals surface area contributed by atoms with Crippen LogP contribution in [0.5, 0.6) is 0 Å². The van der Waals surface area contributed by atoms with Crippen LogP contribution >= 0.6 is 11.6 Å². The van der Waals surface area contributed by atoms with E-state index in [1.165, 1.54) is 24.8 Å². The fourth-order valence-electron chi connectivity index (χ4n) is 5.09. The number of amides is 1. The topological polar surface area (TPSA) is 82.0 Å². The number of carboxylic acids is 1. The molecule has 0 bridgehead atoms. The van der Waals surface area contributed by atoms with E-state index in [1.54, 1.807) is 12.1 Å². The van der Waals surface area contributed by atoms with Crippen LogP contribution in [0.3, 0.4) is 0 Å². The zero-order valence-corrected chi connectivity index (χ0v) is 21.4. The number of piperidine rings is 1. The summed E-state index contributed by atoms with van der Waals surface area (Å²) in [6.07, 6.45) is 4.36. The van der Waals surface area contributed by atoms with Crippen LogP contribution in [0.25, 0.3) is 0 Å². The molecule has 7 heteroatoms. The van der Waals surface area contributed by atoms with Gasteiger partial charge in [-0.3, -0.25) is 19.5 Å². The number of likely N-dealkylation sites (tertiary alicyclic amines) is 1. The van der Waals surface area contributed by atoms with Gasteiger partial charge in [0.15, 0.2) is 0 Å². The first-order chi connectivity index (χ1) is 18.0. The number of rotatable bonds is 8. The maximum Gasteiger partial charge on any atom is 0.303 e. The van der Waals surface area contributed by atoms with Crippen LogP contribution in [0.2, 0.25) is 5.02 Å². The van der Waals surface area contributed by atoms with Gasteiger partial charge in [0.05, 0.1) is 11.4 Å². The van der Waals surface area contributed by atoms with Crippen molar-refractivity contribution in [2.75, 3.05) is 18.4 Å². The molecule has 3 aromatic rings. The van der Waals surface area contributed by atoms with E-state index >= 15 is 0 Å². The van der Waals surface area contributed by atoms with Crippen LogP contribution in [0.1, 0.15) is 53.9 Å². The second-order valence-electron chi connectivity index (χ2n) is 9.74. The third-order valence-electron chi connectivity index (χ3n) is 7.04. The Labute approximate surface area is 222 Å². The Morgan fingerprint density at radius 3 is 2.38 bits per heavy atom. The van der Waals surface area contributed by atoms with Crippen molar-refractivity contribution in [2.45, 2.75) is 44.6 Å². The molecule has 0 radical (unpaired) electrons. The number of carbonyl (C=O) groups is 2. The normalized spacial score (nSPS) is 17.9. The Morgan fingerprint density at radius 2 is 1.68 bits per heavy atom. The first-order valence-electron chi connectivity index (χ1n) is 12.8. The standard InChI is InChI=1S/C30H30ClN3O3/c31-23-11-14-25-26(18-23)33-30(37)28(25)29(22-9-4-20(5-10-22)8-15-27(35)36)32-24-12-6-21(7-13-24)19-34-16-2-1-3-17-34/h4-7,9-14,18,28H,1-3,8,15-17,19H2,(H,33,37)(H,35,36). The molecule has 3 aromatic carbocycles. The maximum absolute atomic E-state index is 13.2. The SMILES string of the molecule is O=C(O)CCc1ccc(C(=Nc2ccc(CN3CCCCC3)cc2)C2C(=O)Nc3cc(Cl)ccc32)cc1. The second-order valence-corrected chi connectivity index (χ2v) is 10.2. The van der Waals surface area contributed by atoms with E-state index in [4.69, 9.17) is 21.7 Å².